The Labute approximate surface area is 110 Å². The van der Waals surface area contributed by atoms with Crippen molar-refractivity contribution in [1.82, 2.24) is 5.32 Å². The Morgan fingerprint density at radius 3 is 2.89 bits per heavy atom. The fourth-order valence-corrected chi connectivity index (χ4v) is 1.59. The number of hydrogen-bond acceptors (Lipinski definition) is 2. The van der Waals surface area contributed by atoms with Gasteiger partial charge in [0.15, 0.2) is 0 Å². The third-order valence-corrected chi connectivity index (χ3v) is 2.56. The van der Waals surface area contributed by atoms with Crippen LogP contribution >= 0.6 is 0 Å². The molecule has 0 saturated heterocycles. The van der Waals surface area contributed by atoms with E-state index in [2.05, 4.69) is 44.0 Å². The van der Waals surface area contributed by atoms with Crippen LogP contribution in [0.25, 0.3) is 6.08 Å². The molecule has 2 heteroatoms. The molecule has 0 bridgehead atoms. The quantitative estimate of drug-likeness (QED) is 0.706. The summed E-state index contributed by atoms with van der Waals surface area (Å²) in [6.45, 7) is 9.56. The van der Waals surface area contributed by atoms with Crippen LogP contribution in [0.3, 0.4) is 0 Å². The van der Waals surface area contributed by atoms with Crippen molar-refractivity contribution in [1.29, 1.82) is 0 Å². The number of para-hydroxylation sites is 1. The maximum atomic E-state index is 5.61. The fraction of sp³-hybridized carbons (Fsp3) is 0.375. The van der Waals surface area contributed by atoms with E-state index in [9.17, 15) is 0 Å². The molecule has 1 atom stereocenters. The molecule has 0 radical (unpaired) electrons. The third kappa shape index (κ3) is 5.19. The number of hydrogen-bond donors (Lipinski definition) is 1. The van der Waals surface area contributed by atoms with Crippen molar-refractivity contribution in [2.75, 3.05) is 13.2 Å². The lowest BCUT2D eigenvalue weighted by Gasteiger charge is -2.09. The van der Waals surface area contributed by atoms with Gasteiger partial charge in [-0.15, -0.1) is 0 Å². The van der Waals surface area contributed by atoms with Gasteiger partial charge < -0.3 is 10.1 Å². The fourth-order valence-electron chi connectivity index (χ4n) is 1.59. The van der Waals surface area contributed by atoms with Gasteiger partial charge in [-0.1, -0.05) is 49.9 Å². The van der Waals surface area contributed by atoms with Crippen molar-refractivity contribution in [3.63, 3.8) is 0 Å². The second-order valence-electron chi connectivity index (χ2n) is 4.24. The lowest BCUT2D eigenvalue weighted by molar-refractivity contribution is 0.362. The zero-order valence-electron chi connectivity index (χ0n) is 11.4. The SMILES string of the molecule is C=CCOc1ccccc1/C=C/C(C)NCCC. The van der Waals surface area contributed by atoms with E-state index < -0.39 is 0 Å². The molecule has 0 fully saturated rings. The van der Waals surface area contributed by atoms with Crippen LogP contribution in [-0.4, -0.2) is 19.2 Å². The molecule has 1 aromatic carbocycles. The molecule has 98 valence electrons. The van der Waals surface area contributed by atoms with Crippen LogP contribution in [0.1, 0.15) is 25.8 Å². The lowest BCUT2D eigenvalue weighted by Crippen LogP contribution is -2.24. The first kappa shape index (κ1) is 14.5. The summed E-state index contributed by atoms with van der Waals surface area (Å²) in [5.41, 5.74) is 1.10. The first-order chi connectivity index (χ1) is 8.77. The Morgan fingerprint density at radius 2 is 2.17 bits per heavy atom. The van der Waals surface area contributed by atoms with Crippen LogP contribution in [0.2, 0.25) is 0 Å². The second-order valence-corrected chi connectivity index (χ2v) is 4.24. The van der Waals surface area contributed by atoms with Crippen LogP contribution in [-0.2, 0) is 0 Å². The lowest BCUT2D eigenvalue weighted by atomic mass is 10.1. The predicted molar refractivity (Wildman–Crippen MR) is 78.9 cm³/mol. The van der Waals surface area contributed by atoms with Gasteiger partial charge in [-0.05, 0) is 26.0 Å². The highest BCUT2D eigenvalue weighted by atomic mass is 16.5. The van der Waals surface area contributed by atoms with Crippen LogP contribution in [0, 0.1) is 0 Å². The van der Waals surface area contributed by atoms with Crippen molar-refractivity contribution in [2.45, 2.75) is 26.3 Å². The minimum Gasteiger partial charge on any atom is -0.489 e. The van der Waals surface area contributed by atoms with E-state index in [1.807, 2.05) is 18.2 Å². The predicted octanol–water partition coefficient (Wildman–Crippen LogP) is 3.65. The molecule has 0 aliphatic carbocycles. The van der Waals surface area contributed by atoms with Crippen molar-refractivity contribution < 1.29 is 4.74 Å². The highest BCUT2D eigenvalue weighted by molar-refractivity contribution is 5.57. The molecule has 0 aliphatic heterocycles. The Hall–Kier alpha value is -1.54. The standard InChI is InChI=1S/C16H23NO/c1-4-12-17-14(3)10-11-15-8-6-7-9-16(15)18-13-5-2/h5-11,14,17H,2,4,12-13H2,1,3H3/b11-10+. The van der Waals surface area contributed by atoms with E-state index in [-0.39, 0.29) is 0 Å². The Balaban J connectivity index is 2.64. The minimum absolute atomic E-state index is 0.373. The summed E-state index contributed by atoms with van der Waals surface area (Å²) in [5.74, 6) is 0.899. The Morgan fingerprint density at radius 1 is 1.39 bits per heavy atom. The summed E-state index contributed by atoms with van der Waals surface area (Å²) in [7, 11) is 0. The molecule has 1 N–H and O–H groups in total. The van der Waals surface area contributed by atoms with Crippen molar-refractivity contribution in [2.24, 2.45) is 0 Å². The van der Waals surface area contributed by atoms with E-state index in [4.69, 9.17) is 4.74 Å². The molecule has 1 unspecified atom stereocenters. The molecule has 18 heavy (non-hydrogen) atoms. The molecule has 0 spiro atoms. The average Bonchev–Trinajstić information content (AvgIpc) is 2.41. The summed E-state index contributed by atoms with van der Waals surface area (Å²) in [5, 5.41) is 3.42. The molecule has 0 amide bonds. The van der Waals surface area contributed by atoms with Gasteiger partial charge >= 0.3 is 0 Å². The van der Waals surface area contributed by atoms with Crippen molar-refractivity contribution in [3.05, 3.63) is 48.6 Å². The highest BCUT2D eigenvalue weighted by Gasteiger charge is 1.99. The summed E-state index contributed by atoms with van der Waals surface area (Å²) in [4.78, 5) is 0. The van der Waals surface area contributed by atoms with Crippen LogP contribution in [0.5, 0.6) is 5.75 Å². The first-order valence-corrected chi connectivity index (χ1v) is 6.52. The number of benzene rings is 1. The molecule has 0 saturated carbocycles. The molecule has 1 rings (SSSR count). The zero-order valence-corrected chi connectivity index (χ0v) is 11.4. The highest BCUT2D eigenvalue weighted by Crippen LogP contribution is 2.19. The second kappa shape index (κ2) is 8.54. The maximum Gasteiger partial charge on any atom is 0.126 e. The minimum atomic E-state index is 0.373. The van der Waals surface area contributed by atoms with Gasteiger partial charge in [0.2, 0.25) is 0 Å². The van der Waals surface area contributed by atoms with Crippen molar-refractivity contribution in [3.8, 4) is 5.75 Å². The number of ether oxygens (including phenoxy) is 1. The molecular formula is C16H23NO. The van der Waals surface area contributed by atoms with E-state index >= 15 is 0 Å². The summed E-state index contributed by atoms with van der Waals surface area (Å²) < 4.78 is 5.61. The van der Waals surface area contributed by atoms with Gasteiger partial charge in [0.25, 0.3) is 0 Å². The monoisotopic (exact) mass is 245 g/mol. The molecule has 0 aliphatic rings. The van der Waals surface area contributed by atoms with Gasteiger partial charge in [0.1, 0.15) is 12.4 Å². The molecule has 0 heterocycles. The first-order valence-electron chi connectivity index (χ1n) is 6.52. The summed E-state index contributed by atoms with van der Waals surface area (Å²) >= 11 is 0. The van der Waals surface area contributed by atoms with Crippen LogP contribution < -0.4 is 10.1 Å². The summed E-state index contributed by atoms with van der Waals surface area (Å²) in [6, 6.07) is 8.41. The molecule has 0 aromatic heterocycles. The van der Waals surface area contributed by atoms with Gasteiger partial charge in [-0.25, -0.2) is 0 Å². The molecule has 1 aromatic rings. The zero-order chi connectivity index (χ0) is 13.2. The summed E-state index contributed by atoms with van der Waals surface area (Å²) in [6.07, 6.45) is 7.17. The normalized spacial score (nSPS) is 12.6. The van der Waals surface area contributed by atoms with Gasteiger partial charge in [-0.2, -0.15) is 0 Å². The van der Waals surface area contributed by atoms with Crippen LogP contribution in [0.15, 0.2) is 43.0 Å². The number of rotatable bonds is 8. The van der Waals surface area contributed by atoms with E-state index in [0.29, 0.717) is 12.6 Å². The van der Waals surface area contributed by atoms with E-state index in [1.165, 1.54) is 0 Å². The average molecular weight is 245 g/mol. The Bertz CT molecular complexity index is 384. The van der Waals surface area contributed by atoms with E-state index in [1.54, 1.807) is 6.08 Å². The smallest absolute Gasteiger partial charge is 0.126 e. The maximum absolute atomic E-state index is 5.61. The van der Waals surface area contributed by atoms with Gasteiger partial charge in [0, 0.05) is 11.6 Å². The molecule has 2 nitrogen and oxygen atoms in total. The van der Waals surface area contributed by atoms with E-state index in [0.717, 1.165) is 24.3 Å². The van der Waals surface area contributed by atoms with Gasteiger partial charge in [-0.3, -0.25) is 0 Å². The molecular weight excluding hydrogens is 222 g/mol. The van der Waals surface area contributed by atoms with Gasteiger partial charge in [0.05, 0.1) is 0 Å². The van der Waals surface area contributed by atoms with Crippen molar-refractivity contribution >= 4 is 6.08 Å². The Kier molecular flexibility index (Phi) is 6.89. The largest absolute Gasteiger partial charge is 0.489 e. The third-order valence-electron chi connectivity index (χ3n) is 2.56. The topological polar surface area (TPSA) is 21.3 Å². The number of nitrogens with one attached hydrogen (secondary N) is 1. The van der Waals surface area contributed by atoms with Crippen LogP contribution in [0.4, 0.5) is 0 Å².